The van der Waals surface area contributed by atoms with E-state index >= 15 is 0 Å². The quantitative estimate of drug-likeness (QED) is 0.719. The Morgan fingerprint density at radius 1 is 1.00 bits per heavy atom. The number of benzene rings is 2. The van der Waals surface area contributed by atoms with Gasteiger partial charge in [0.25, 0.3) is 5.91 Å². The van der Waals surface area contributed by atoms with Crippen LogP contribution in [0.3, 0.4) is 0 Å². The van der Waals surface area contributed by atoms with E-state index in [0.29, 0.717) is 43.9 Å². The molecule has 7 heteroatoms. The van der Waals surface area contributed by atoms with E-state index in [2.05, 4.69) is 5.32 Å². The lowest BCUT2D eigenvalue weighted by Crippen LogP contribution is -2.46. The zero-order chi connectivity index (χ0) is 21.3. The highest BCUT2D eigenvalue weighted by Gasteiger charge is 2.24. The van der Waals surface area contributed by atoms with Gasteiger partial charge >= 0.3 is 0 Å². The smallest absolute Gasteiger partial charge is 0.253 e. The summed E-state index contributed by atoms with van der Waals surface area (Å²) < 4.78 is 23.7. The second kappa shape index (κ2) is 10.6. The minimum atomic E-state index is -0.326. The molecule has 30 heavy (non-hydrogen) atoms. The normalized spacial score (nSPS) is 14.3. The summed E-state index contributed by atoms with van der Waals surface area (Å²) in [5.41, 5.74) is 0.638. The fourth-order valence-electron chi connectivity index (χ4n) is 3.36. The van der Waals surface area contributed by atoms with E-state index in [4.69, 9.17) is 9.47 Å². The summed E-state index contributed by atoms with van der Waals surface area (Å²) in [5.74, 6) is 0.862. The minimum absolute atomic E-state index is 0.00415. The van der Waals surface area contributed by atoms with Crippen LogP contribution in [0.2, 0.25) is 0 Å². The van der Waals surface area contributed by atoms with Crippen molar-refractivity contribution in [2.24, 2.45) is 0 Å². The SMILES string of the molecule is CCOc1ccc(C(=O)N2CCC(NC(=O)CCOc3ccc(F)cc3)CC2)cc1. The first-order chi connectivity index (χ1) is 14.5. The maximum absolute atomic E-state index is 12.9. The molecule has 0 atom stereocenters. The summed E-state index contributed by atoms with van der Waals surface area (Å²) in [5, 5.41) is 3.00. The van der Waals surface area contributed by atoms with Crippen LogP contribution in [0.4, 0.5) is 4.39 Å². The van der Waals surface area contributed by atoms with Gasteiger partial charge in [-0.3, -0.25) is 9.59 Å². The van der Waals surface area contributed by atoms with Gasteiger partial charge in [0.15, 0.2) is 0 Å². The molecular formula is C23H27FN2O4. The van der Waals surface area contributed by atoms with Gasteiger partial charge < -0.3 is 19.7 Å². The molecule has 0 aliphatic carbocycles. The first kappa shape index (κ1) is 21.6. The Morgan fingerprint density at radius 2 is 1.60 bits per heavy atom. The molecule has 0 spiro atoms. The number of hydrogen-bond acceptors (Lipinski definition) is 4. The molecule has 0 aromatic heterocycles. The number of piperidine rings is 1. The predicted octanol–water partition coefficient (Wildman–Crippen LogP) is 3.41. The van der Waals surface area contributed by atoms with Crippen molar-refractivity contribution in [2.45, 2.75) is 32.2 Å². The highest BCUT2D eigenvalue weighted by molar-refractivity contribution is 5.94. The number of amides is 2. The van der Waals surface area contributed by atoms with E-state index in [1.807, 2.05) is 11.8 Å². The summed E-state index contributed by atoms with van der Waals surface area (Å²) in [4.78, 5) is 26.6. The molecule has 1 saturated heterocycles. The molecule has 1 aliphatic rings. The van der Waals surface area contributed by atoms with E-state index in [1.165, 1.54) is 24.3 Å². The van der Waals surface area contributed by atoms with Gasteiger partial charge in [0, 0.05) is 24.7 Å². The third-order valence-electron chi connectivity index (χ3n) is 4.97. The average molecular weight is 414 g/mol. The Morgan fingerprint density at radius 3 is 2.23 bits per heavy atom. The molecule has 0 saturated carbocycles. The lowest BCUT2D eigenvalue weighted by Gasteiger charge is -2.32. The van der Waals surface area contributed by atoms with Crippen LogP contribution in [0.25, 0.3) is 0 Å². The number of nitrogens with zero attached hydrogens (tertiary/aromatic N) is 1. The van der Waals surface area contributed by atoms with E-state index in [1.54, 1.807) is 24.3 Å². The Hall–Kier alpha value is -3.09. The number of halogens is 1. The van der Waals surface area contributed by atoms with Crippen LogP contribution in [0, 0.1) is 5.82 Å². The molecule has 160 valence electrons. The second-order valence-corrected chi connectivity index (χ2v) is 7.14. The minimum Gasteiger partial charge on any atom is -0.494 e. The lowest BCUT2D eigenvalue weighted by atomic mass is 10.0. The number of hydrogen-bond donors (Lipinski definition) is 1. The highest BCUT2D eigenvalue weighted by Crippen LogP contribution is 2.17. The molecule has 1 aliphatic heterocycles. The van der Waals surface area contributed by atoms with Crippen molar-refractivity contribution in [3.63, 3.8) is 0 Å². The van der Waals surface area contributed by atoms with Crippen molar-refractivity contribution < 1.29 is 23.5 Å². The first-order valence-corrected chi connectivity index (χ1v) is 10.2. The van der Waals surface area contributed by atoms with Gasteiger partial charge in [-0.05, 0) is 68.3 Å². The summed E-state index contributed by atoms with van der Waals surface area (Å²) in [7, 11) is 0. The van der Waals surface area contributed by atoms with Crippen LogP contribution in [0.15, 0.2) is 48.5 Å². The van der Waals surface area contributed by atoms with Crippen LogP contribution in [-0.4, -0.2) is 49.1 Å². The van der Waals surface area contributed by atoms with Gasteiger partial charge in [0.05, 0.1) is 19.6 Å². The zero-order valence-corrected chi connectivity index (χ0v) is 17.1. The summed E-state index contributed by atoms with van der Waals surface area (Å²) in [6.45, 7) is 3.93. The molecule has 0 radical (unpaired) electrons. The van der Waals surface area contributed by atoms with Crippen LogP contribution in [-0.2, 0) is 4.79 Å². The van der Waals surface area contributed by atoms with Gasteiger partial charge in [0.1, 0.15) is 17.3 Å². The lowest BCUT2D eigenvalue weighted by molar-refractivity contribution is -0.122. The van der Waals surface area contributed by atoms with Gasteiger partial charge in [-0.2, -0.15) is 0 Å². The third kappa shape index (κ3) is 6.20. The maximum atomic E-state index is 12.9. The molecule has 1 N–H and O–H groups in total. The number of ether oxygens (including phenoxy) is 2. The fourth-order valence-corrected chi connectivity index (χ4v) is 3.36. The number of rotatable bonds is 8. The summed E-state index contributed by atoms with van der Waals surface area (Å²) in [6, 6.07) is 12.9. The summed E-state index contributed by atoms with van der Waals surface area (Å²) >= 11 is 0. The Labute approximate surface area is 176 Å². The van der Waals surface area contributed by atoms with E-state index in [-0.39, 0.29) is 36.7 Å². The summed E-state index contributed by atoms with van der Waals surface area (Å²) in [6.07, 6.45) is 1.66. The van der Waals surface area contributed by atoms with Gasteiger partial charge in [-0.25, -0.2) is 4.39 Å². The van der Waals surface area contributed by atoms with Gasteiger partial charge in [0.2, 0.25) is 5.91 Å². The third-order valence-corrected chi connectivity index (χ3v) is 4.97. The fraction of sp³-hybridized carbons (Fsp3) is 0.391. The van der Waals surface area contributed by atoms with Crippen LogP contribution < -0.4 is 14.8 Å². The first-order valence-electron chi connectivity index (χ1n) is 10.2. The number of nitrogens with one attached hydrogen (secondary N) is 1. The number of carbonyl (C=O) groups excluding carboxylic acids is 2. The van der Waals surface area contributed by atoms with Crippen molar-refractivity contribution in [1.29, 1.82) is 0 Å². The average Bonchev–Trinajstić information content (AvgIpc) is 2.76. The Balaban J connectivity index is 1.37. The molecule has 1 fully saturated rings. The zero-order valence-electron chi connectivity index (χ0n) is 17.1. The Kier molecular flexibility index (Phi) is 7.65. The molecule has 6 nitrogen and oxygen atoms in total. The molecular weight excluding hydrogens is 387 g/mol. The van der Waals surface area contributed by atoms with Crippen LogP contribution in [0.5, 0.6) is 11.5 Å². The van der Waals surface area contributed by atoms with Crippen LogP contribution in [0.1, 0.15) is 36.5 Å². The maximum Gasteiger partial charge on any atom is 0.253 e. The molecule has 2 aromatic carbocycles. The van der Waals surface area contributed by atoms with Crippen molar-refractivity contribution in [2.75, 3.05) is 26.3 Å². The van der Waals surface area contributed by atoms with Gasteiger partial charge in [-0.1, -0.05) is 0 Å². The molecule has 0 unspecified atom stereocenters. The standard InChI is InChI=1S/C23H27FN2O4/c1-2-29-20-7-3-17(4-8-20)23(28)26-14-11-19(12-15-26)25-22(27)13-16-30-21-9-5-18(24)6-10-21/h3-10,19H,2,11-16H2,1H3,(H,25,27). The molecule has 2 aromatic rings. The number of carbonyl (C=O) groups is 2. The van der Waals surface area contributed by atoms with E-state index in [9.17, 15) is 14.0 Å². The highest BCUT2D eigenvalue weighted by atomic mass is 19.1. The topological polar surface area (TPSA) is 67.9 Å². The van der Waals surface area contributed by atoms with E-state index in [0.717, 1.165) is 5.75 Å². The van der Waals surface area contributed by atoms with Crippen molar-refractivity contribution in [3.8, 4) is 11.5 Å². The Bertz CT molecular complexity index is 831. The molecule has 0 bridgehead atoms. The van der Waals surface area contributed by atoms with Crippen molar-refractivity contribution in [3.05, 3.63) is 59.9 Å². The molecule has 1 heterocycles. The van der Waals surface area contributed by atoms with Crippen molar-refractivity contribution >= 4 is 11.8 Å². The molecule has 2 amide bonds. The monoisotopic (exact) mass is 414 g/mol. The second-order valence-electron chi connectivity index (χ2n) is 7.14. The van der Waals surface area contributed by atoms with Crippen LogP contribution >= 0.6 is 0 Å². The molecule has 3 rings (SSSR count). The number of likely N-dealkylation sites (tertiary alicyclic amines) is 1. The van der Waals surface area contributed by atoms with Crippen molar-refractivity contribution in [1.82, 2.24) is 10.2 Å². The largest absolute Gasteiger partial charge is 0.494 e. The predicted molar refractivity (Wildman–Crippen MR) is 111 cm³/mol. The van der Waals surface area contributed by atoms with E-state index < -0.39 is 0 Å². The van der Waals surface area contributed by atoms with Gasteiger partial charge in [-0.15, -0.1) is 0 Å².